The van der Waals surface area contributed by atoms with E-state index in [-0.39, 0.29) is 5.41 Å². The molecule has 1 aromatic carbocycles. The predicted molar refractivity (Wildman–Crippen MR) is 71.3 cm³/mol. The molecule has 0 radical (unpaired) electrons. The summed E-state index contributed by atoms with van der Waals surface area (Å²) in [5.74, 6) is 2.27. The van der Waals surface area contributed by atoms with Gasteiger partial charge in [-0.1, -0.05) is 26.0 Å². The van der Waals surface area contributed by atoms with Crippen molar-refractivity contribution in [2.24, 2.45) is 0 Å². The molecule has 0 amide bonds. The van der Waals surface area contributed by atoms with Crippen LogP contribution in [-0.4, -0.2) is 15.2 Å². The number of nitrogens with zero attached hydrogens (tertiary/aromatic N) is 2. The van der Waals surface area contributed by atoms with Gasteiger partial charge >= 0.3 is 0 Å². The van der Waals surface area contributed by atoms with Crippen molar-refractivity contribution in [2.45, 2.75) is 38.0 Å². The van der Waals surface area contributed by atoms with Crippen LogP contribution < -0.4 is 5.73 Å². The molecule has 0 spiro atoms. The van der Waals surface area contributed by atoms with Gasteiger partial charge in [0.2, 0.25) is 0 Å². The van der Waals surface area contributed by atoms with Gasteiger partial charge in [0.15, 0.2) is 5.82 Å². The smallest absolute Gasteiger partial charge is 0.161 e. The molecule has 1 fully saturated rings. The molecule has 0 aliphatic heterocycles. The highest BCUT2D eigenvalue weighted by Gasteiger charge is 2.49. The third-order valence-corrected chi connectivity index (χ3v) is 3.69. The zero-order chi connectivity index (χ0) is 12.8. The summed E-state index contributed by atoms with van der Waals surface area (Å²) in [5.41, 5.74) is 7.83. The Balaban J connectivity index is 1.96. The summed E-state index contributed by atoms with van der Waals surface area (Å²) in [4.78, 5) is 4.64. The molecule has 1 heterocycles. The van der Waals surface area contributed by atoms with E-state index in [9.17, 15) is 0 Å². The fourth-order valence-corrected chi connectivity index (χ4v) is 2.32. The lowest BCUT2D eigenvalue weighted by Gasteiger charge is -2.11. The van der Waals surface area contributed by atoms with E-state index in [1.54, 1.807) is 0 Å². The van der Waals surface area contributed by atoms with Crippen LogP contribution >= 0.6 is 0 Å². The molecule has 2 aromatic rings. The Bertz CT molecular complexity index is 549. The Kier molecular flexibility index (Phi) is 2.40. The van der Waals surface area contributed by atoms with Crippen LogP contribution in [0, 0.1) is 0 Å². The minimum absolute atomic E-state index is 0.0251. The maximum Gasteiger partial charge on any atom is 0.161 e. The molecule has 0 saturated heterocycles. The molecular weight excluding hydrogens is 224 g/mol. The molecule has 1 aromatic heterocycles. The molecule has 0 atom stereocenters. The molecule has 18 heavy (non-hydrogen) atoms. The number of rotatable bonds is 3. The summed E-state index contributed by atoms with van der Waals surface area (Å²) < 4.78 is 0. The number of hydrogen-bond donors (Lipinski definition) is 2. The van der Waals surface area contributed by atoms with Crippen LogP contribution in [0.2, 0.25) is 0 Å². The van der Waals surface area contributed by atoms with Crippen molar-refractivity contribution >= 4 is 5.69 Å². The molecule has 1 saturated carbocycles. The van der Waals surface area contributed by atoms with Gasteiger partial charge in [-0.05, 0) is 30.5 Å². The van der Waals surface area contributed by atoms with E-state index in [1.165, 1.54) is 5.56 Å². The molecule has 3 rings (SSSR count). The Hall–Kier alpha value is -1.84. The molecule has 0 bridgehead atoms. The number of nitrogens with one attached hydrogen (secondary N) is 1. The van der Waals surface area contributed by atoms with E-state index in [1.807, 2.05) is 12.1 Å². The third-order valence-electron chi connectivity index (χ3n) is 3.69. The molecule has 4 heteroatoms. The Morgan fingerprint density at radius 3 is 2.39 bits per heavy atom. The zero-order valence-corrected chi connectivity index (χ0v) is 10.8. The SMILES string of the molecule is CC(C)c1nc(C2(c3ccc(N)cc3)CC2)n[nH]1. The molecule has 1 aliphatic rings. The summed E-state index contributed by atoms with van der Waals surface area (Å²) in [6.07, 6.45) is 2.23. The van der Waals surface area contributed by atoms with E-state index in [2.05, 4.69) is 41.2 Å². The summed E-state index contributed by atoms with van der Waals surface area (Å²) in [7, 11) is 0. The second kappa shape index (κ2) is 3.83. The van der Waals surface area contributed by atoms with Crippen LogP contribution in [0.3, 0.4) is 0 Å². The van der Waals surface area contributed by atoms with Crippen molar-refractivity contribution in [3.63, 3.8) is 0 Å². The van der Waals surface area contributed by atoms with Gasteiger partial charge in [0.05, 0.1) is 5.41 Å². The maximum atomic E-state index is 5.74. The lowest BCUT2D eigenvalue weighted by molar-refractivity contribution is 0.755. The van der Waals surface area contributed by atoms with Crippen molar-refractivity contribution in [1.29, 1.82) is 0 Å². The second-order valence-electron chi connectivity index (χ2n) is 5.40. The molecular formula is C14H18N4. The quantitative estimate of drug-likeness (QED) is 0.813. The van der Waals surface area contributed by atoms with E-state index < -0.39 is 0 Å². The van der Waals surface area contributed by atoms with Crippen LogP contribution in [0.1, 0.15) is 49.8 Å². The molecule has 1 aliphatic carbocycles. The first-order valence-corrected chi connectivity index (χ1v) is 6.40. The van der Waals surface area contributed by atoms with E-state index in [0.717, 1.165) is 30.2 Å². The normalized spacial score (nSPS) is 17.1. The van der Waals surface area contributed by atoms with Crippen LogP contribution in [0.5, 0.6) is 0 Å². The molecule has 94 valence electrons. The Morgan fingerprint density at radius 1 is 1.22 bits per heavy atom. The monoisotopic (exact) mass is 242 g/mol. The number of hydrogen-bond acceptors (Lipinski definition) is 3. The van der Waals surface area contributed by atoms with Crippen LogP contribution in [-0.2, 0) is 5.41 Å². The number of H-pyrrole nitrogens is 1. The van der Waals surface area contributed by atoms with Gasteiger partial charge in [0.1, 0.15) is 5.82 Å². The first kappa shape index (κ1) is 11.3. The van der Waals surface area contributed by atoms with Gasteiger partial charge in [-0.3, -0.25) is 5.10 Å². The lowest BCUT2D eigenvalue weighted by atomic mass is 9.95. The van der Waals surface area contributed by atoms with Gasteiger partial charge in [0, 0.05) is 11.6 Å². The van der Waals surface area contributed by atoms with Crippen LogP contribution in [0.4, 0.5) is 5.69 Å². The Morgan fingerprint density at radius 2 is 1.89 bits per heavy atom. The highest BCUT2D eigenvalue weighted by molar-refractivity contribution is 5.46. The third kappa shape index (κ3) is 1.68. The first-order chi connectivity index (χ1) is 8.62. The fraction of sp³-hybridized carbons (Fsp3) is 0.429. The highest BCUT2D eigenvalue weighted by atomic mass is 15.2. The minimum atomic E-state index is 0.0251. The van der Waals surface area contributed by atoms with Crippen LogP contribution in [0.25, 0.3) is 0 Å². The second-order valence-corrected chi connectivity index (χ2v) is 5.40. The van der Waals surface area contributed by atoms with Gasteiger partial charge in [-0.25, -0.2) is 4.98 Å². The van der Waals surface area contributed by atoms with Gasteiger partial charge < -0.3 is 5.73 Å². The topological polar surface area (TPSA) is 67.6 Å². The summed E-state index contributed by atoms with van der Waals surface area (Å²) in [6.45, 7) is 4.24. The van der Waals surface area contributed by atoms with Crippen molar-refractivity contribution in [2.75, 3.05) is 5.73 Å². The van der Waals surface area contributed by atoms with Crippen molar-refractivity contribution in [3.05, 3.63) is 41.5 Å². The number of nitrogens with two attached hydrogens (primary N) is 1. The maximum absolute atomic E-state index is 5.74. The number of anilines is 1. The molecule has 3 N–H and O–H groups in total. The fourth-order valence-electron chi connectivity index (χ4n) is 2.32. The summed E-state index contributed by atoms with van der Waals surface area (Å²) in [5, 5.41) is 7.45. The van der Waals surface area contributed by atoms with E-state index >= 15 is 0 Å². The summed E-state index contributed by atoms with van der Waals surface area (Å²) >= 11 is 0. The number of aromatic amines is 1. The zero-order valence-electron chi connectivity index (χ0n) is 10.8. The van der Waals surface area contributed by atoms with E-state index in [0.29, 0.717) is 5.92 Å². The average Bonchev–Trinajstić information content (AvgIpc) is 3.00. The predicted octanol–water partition coefficient (Wildman–Crippen LogP) is 2.59. The van der Waals surface area contributed by atoms with Gasteiger partial charge in [0.25, 0.3) is 0 Å². The van der Waals surface area contributed by atoms with Crippen LogP contribution in [0.15, 0.2) is 24.3 Å². The highest BCUT2D eigenvalue weighted by Crippen LogP contribution is 2.52. The number of benzene rings is 1. The van der Waals surface area contributed by atoms with Gasteiger partial charge in [-0.2, -0.15) is 5.10 Å². The Labute approximate surface area is 107 Å². The number of aromatic nitrogens is 3. The van der Waals surface area contributed by atoms with Crippen molar-refractivity contribution < 1.29 is 0 Å². The first-order valence-electron chi connectivity index (χ1n) is 6.40. The average molecular weight is 242 g/mol. The lowest BCUT2D eigenvalue weighted by Crippen LogP contribution is -2.11. The molecule has 4 nitrogen and oxygen atoms in total. The standard InChI is InChI=1S/C14H18N4/c1-9(2)12-16-13(18-17-12)14(7-8-14)10-3-5-11(15)6-4-10/h3-6,9H,7-8,15H2,1-2H3,(H,16,17,18). The van der Waals surface area contributed by atoms with Crippen molar-refractivity contribution in [1.82, 2.24) is 15.2 Å². The number of nitrogen functional groups attached to an aromatic ring is 1. The van der Waals surface area contributed by atoms with E-state index in [4.69, 9.17) is 5.73 Å². The summed E-state index contributed by atoms with van der Waals surface area (Å²) in [6, 6.07) is 8.08. The largest absolute Gasteiger partial charge is 0.399 e. The molecule has 0 unspecified atom stereocenters. The van der Waals surface area contributed by atoms with Gasteiger partial charge in [-0.15, -0.1) is 0 Å². The van der Waals surface area contributed by atoms with Crippen molar-refractivity contribution in [3.8, 4) is 0 Å². The minimum Gasteiger partial charge on any atom is -0.399 e.